The average Bonchev–Trinajstić information content (AvgIpc) is 2.73. The summed E-state index contributed by atoms with van der Waals surface area (Å²) in [6.07, 6.45) is 3.33. The van der Waals surface area contributed by atoms with E-state index in [1.54, 1.807) is 37.5 Å². The van der Waals surface area contributed by atoms with Crippen LogP contribution in [0.2, 0.25) is 0 Å². The summed E-state index contributed by atoms with van der Waals surface area (Å²) in [5, 5.41) is 0.709. The Morgan fingerprint density at radius 3 is 2.63 bits per heavy atom. The fourth-order valence-electron chi connectivity index (χ4n) is 3.04. The molecular formula is C22H18F2N4OS. The van der Waals surface area contributed by atoms with E-state index >= 15 is 4.39 Å². The van der Waals surface area contributed by atoms with Crippen LogP contribution in [-0.2, 0) is 0 Å². The number of halogens is 2. The van der Waals surface area contributed by atoms with Crippen molar-refractivity contribution in [1.82, 2.24) is 15.0 Å². The number of anilines is 1. The van der Waals surface area contributed by atoms with Gasteiger partial charge in [0, 0.05) is 17.8 Å². The summed E-state index contributed by atoms with van der Waals surface area (Å²) in [5.41, 5.74) is 2.11. The molecule has 0 atom stereocenters. The first-order chi connectivity index (χ1) is 14.5. The number of aromatic nitrogens is 3. The average molecular weight is 424 g/mol. The maximum Gasteiger partial charge on any atom is 0.228 e. The quantitative estimate of drug-likeness (QED) is 0.414. The molecule has 0 bridgehead atoms. The first kappa shape index (κ1) is 20.0. The molecule has 4 aromatic rings. The lowest BCUT2D eigenvalue weighted by molar-refractivity contribution is 0.387. The van der Waals surface area contributed by atoms with Gasteiger partial charge < -0.3 is 9.46 Å². The van der Waals surface area contributed by atoms with E-state index in [-0.39, 0.29) is 11.3 Å². The fourth-order valence-corrected chi connectivity index (χ4v) is 3.89. The first-order valence-electron chi connectivity index (χ1n) is 9.11. The number of pyridine rings is 1. The molecule has 4 rings (SSSR count). The van der Waals surface area contributed by atoms with Gasteiger partial charge in [0.2, 0.25) is 5.88 Å². The molecule has 2 aromatic carbocycles. The van der Waals surface area contributed by atoms with Gasteiger partial charge in [0.25, 0.3) is 0 Å². The van der Waals surface area contributed by atoms with Crippen molar-refractivity contribution < 1.29 is 13.5 Å². The number of hydrogen-bond donors (Lipinski definition) is 1. The zero-order chi connectivity index (χ0) is 21.3. The molecule has 0 aliphatic rings. The van der Waals surface area contributed by atoms with E-state index in [1.807, 2.05) is 13.0 Å². The van der Waals surface area contributed by atoms with Gasteiger partial charge >= 0.3 is 0 Å². The van der Waals surface area contributed by atoms with Gasteiger partial charge in [0.05, 0.1) is 28.8 Å². The molecule has 0 aliphatic carbocycles. The van der Waals surface area contributed by atoms with Crippen LogP contribution in [0.5, 0.6) is 5.88 Å². The minimum absolute atomic E-state index is 0.114. The first-order valence-corrected chi connectivity index (χ1v) is 9.93. The Balaban J connectivity index is 1.69. The third-order valence-corrected chi connectivity index (χ3v) is 5.33. The Hall–Kier alpha value is -3.26. The van der Waals surface area contributed by atoms with E-state index in [2.05, 4.69) is 19.7 Å². The van der Waals surface area contributed by atoms with Crippen LogP contribution >= 0.6 is 11.9 Å². The Morgan fingerprint density at radius 1 is 1.00 bits per heavy atom. The summed E-state index contributed by atoms with van der Waals surface area (Å²) >= 11 is 1.15. The standard InChI is InChI=1S/C22H18F2N4OS/c1-12-8-19(22(29-3)26-10-12)30-28-18-7-5-16(23)20(21(18)24)14-4-6-17-15(9-14)11-25-13(2)27-17/h4-11,28H,1-3H3. The molecule has 8 heteroatoms. The lowest BCUT2D eigenvalue weighted by Gasteiger charge is -2.13. The second-order valence-electron chi connectivity index (χ2n) is 6.70. The lowest BCUT2D eigenvalue weighted by atomic mass is 10.0. The fraction of sp³-hybridized carbons (Fsp3) is 0.136. The smallest absolute Gasteiger partial charge is 0.228 e. The molecule has 0 saturated heterocycles. The van der Waals surface area contributed by atoms with E-state index in [1.165, 1.54) is 19.2 Å². The molecule has 152 valence electrons. The molecule has 5 nitrogen and oxygen atoms in total. The topological polar surface area (TPSA) is 59.9 Å². The molecule has 0 amide bonds. The highest BCUT2D eigenvalue weighted by Gasteiger charge is 2.17. The molecule has 0 unspecified atom stereocenters. The highest BCUT2D eigenvalue weighted by molar-refractivity contribution is 8.00. The van der Waals surface area contributed by atoms with Gasteiger partial charge in [-0.3, -0.25) is 0 Å². The van der Waals surface area contributed by atoms with Crippen molar-refractivity contribution >= 4 is 28.5 Å². The van der Waals surface area contributed by atoms with E-state index in [0.717, 1.165) is 23.0 Å². The minimum atomic E-state index is -0.686. The van der Waals surface area contributed by atoms with E-state index in [0.29, 0.717) is 27.5 Å². The van der Waals surface area contributed by atoms with Gasteiger partial charge in [0.1, 0.15) is 11.6 Å². The number of benzene rings is 2. The Bertz CT molecular complexity index is 1250. The largest absolute Gasteiger partial charge is 0.480 e. The molecule has 0 spiro atoms. The molecule has 0 fully saturated rings. The maximum absolute atomic E-state index is 15.3. The Labute approximate surface area is 176 Å². The monoisotopic (exact) mass is 424 g/mol. The van der Waals surface area contributed by atoms with Gasteiger partial charge in [-0.15, -0.1) is 0 Å². The number of methoxy groups -OCH3 is 1. The van der Waals surface area contributed by atoms with Gasteiger partial charge in [-0.25, -0.2) is 23.7 Å². The number of hydrogen-bond acceptors (Lipinski definition) is 6. The van der Waals surface area contributed by atoms with E-state index < -0.39 is 11.6 Å². The predicted octanol–water partition coefficient (Wildman–Crippen LogP) is 5.71. The van der Waals surface area contributed by atoms with Crippen LogP contribution < -0.4 is 9.46 Å². The summed E-state index contributed by atoms with van der Waals surface area (Å²) in [6, 6.07) is 9.54. The van der Waals surface area contributed by atoms with Crippen LogP contribution in [0.4, 0.5) is 14.5 Å². The van der Waals surface area contributed by atoms with Crippen molar-refractivity contribution in [3.05, 3.63) is 71.8 Å². The summed E-state index contributed by atoms with van der Waals surface area (Å²) in [5.74, 6) is -0.276. The molecule has 0 saturated carbocycles. The van der Waals surface area contributed by atoms with Crippen molar-refractivity contribution in [2.24, 2.45) is 0 Å². The van der Waals surface area contributed by atoms with Gasteiger partial charge in [-0.2, -0.15) is 0 Å². The van der Waals surface area contributed by atoms with Gasteiger partial charge in [-0.05, 0) is 67.3 Å². The summed E-state index contributed by atoms with van der Waals surface area (Å²) in [7, 11) is 1.52. The normalized spacial score (nSPS) is 11.0. The van der Waals surface area contributed by atoms with Crippen LogP contribution in [0.15, 0.2) is 53.7 Å². The molecule has 0 aliphatic heterocycles. The number of aryl methyl sites for hydroxylation is 2. The SMILES string of the molecule is COc1ncc(C)cc1SNc1ccc(F)c(-c2ccc3nc(C)ncc3c2)c1F. The number of nitrogens with zero attached hydrogens (tertiary/aromatic N) is 3. The third kappa shape index (κ3) is 3.91. The summed E-state index contributed by atoms with van der Waals surface area (Å²) < 4.78 is 38.0. The number of fused-ring (bicyclic) bond motifs is 1. The highest BCUT2D eigenvalue weighted by Crippen LogP contribution is 2.35. The van der Waals surface area contributed by atoms with Crippen LogP contribution in [0, 0.1) is 25.5 Å². The molecule has 2 heterocycles. The van der Waals surface area contributed by atoms with Crippen LogP contribution in [0.25, 0.3) is 22.0 Å². The molecule has 2 aromatic heterocycles. The minimum Gasteiger partial charge on any atom is -0.480 e. The zero-order valence-electron chi connectivity index (χ0n) is 16.5. The number of nitrogens with one attached hydrogen (secondary N) is 1. The van der Waals surface area contributed by atoms with Crippen molar-refractivity contribution in [1.29, 1.82) is 0 Å². The van der Waals surface area contributed by atoms with Crippen LogP contribution in [0.3, 0.4) is 0 Å². The zero-order valence-corrected chi connectivity index (χ0v) is 17.3. The number of rotatable bonds is 5. The molecular weight excluding hydrogens is 406 g/mol. The van der Waals surface area contributed by atoms with Crippen molar-refractivity contribution in [3.63, 3.8) is 0 Å². The maximum atomic E-state index is 15.3. The van der Waals surface area contributed by atoms with Crippen LogP contribution in [0.1, 0.15) is 11.4 Å². The Kier molecular flexibility index (Phi) is 5.50. The molecule has 1 N–H and O–H groups in total. The van der Waals surface area contributed by atoms with Gasteiger partial charge in [0.15, 0.2) is 5.82 Å². The summed E-state index contributed by atoms with van der Waals surface area (Å²) in [6.45, 7) is 3.69. The predicted molar refractivity (Wildman–Crippen MR) is 115 cm³/mol. The molecule has 0 radical (unpaired) electrons. The van der Waals surface area contributed by atoms with E-state index in [9.17, 15) is 4.39 Å². The van der Waals surface area contributed by atoms with Crippen molar-refractivity contribution in [2.75, 3.05) is 11.8 Å². The second kappa shape index (κ2) is 8.23. The Morgan fingerprint density at radius 2 is 1.83 bits per heavy atom. The molecule has 30 heavy (non-hydrogen) atoms. The highest BCUT2D eigenvalue weighted by atomic mass is 32.2. The third-order valence-electron chi connectivity index (χ3n) is 4.50. The lowest BCUT2D eigenvalue weighted by Crippen LogP contribution is -1.99. The van der Waals surface area contributed by atoms with Crippen molar-refractivity contribution in [3.8, 4) is 17.0 Å². The summed E-state index contributed by atoms with van der Waals surface area (Å²) in [4.78, 5) is 13.4. The van der Waals surface area contributed by atoms with E-state index in [4.69, 9.17) is 4.74 Å². The van der Waals surface area contributed by atoms with Crippen molar-refractivity contribution in [2.45, 2.75) is 18.7 Å². The van der Waals surface area contributed by atoms with Gasteiger partial charge in [-0.1, -0.05) is 6.07 Å². The van der Waals surface area contributed by atoms with Crippen LogP contribution in [-0.4, -0.2) is 22.1 Å². The number of ether oxygens (including phenoxy) is 1. The second-order valence-corrected chi connectivity index (χ2v) is 7.55.